The van der Waals surface area contributed by atoms with Crippen molar-refractivity contribution in [3.05, 3.63) is 59.2 Å². The molecular weight excluding hydrogens is 514 g/mol. The summed E-state index contributed by atoms with van der Waals surface area (Å²) in [6, 6.07) is 12.4. The number of para-hydroxylation sites is 1. The van der Waals surface area contributed by atoms with Crippen molar-refractivity contribution in [1.29, 1.82) is 0 Å². The van der Waals surface area contributed by atoms with Crippen LogP contribution in [0.2, 0.25) is 0 Å². The average Bonchev–Trinajstić information content (AvgIpc) is 3.37. The van der Waals surface area contributed by atoms with Gasteiger partial charge in [0.15, 0.2) is 0 Å². The largest absolute Gasteiger partial charge is 0.426 e. The van der Waals surface area contributed by atoms with Crippen LogP contribution in [-0.4, -0.2) is 55.2 Å². The summed E-state index contributed by atoms with van der Waals surface area (Å²) in [6.07, 6.45) is 2.42. The Kier molecular flexibility index (Phi) is 10.7. The molecule has 6 atom stereocenters. The number of aliphatic hydroxyl groups is 1. The Morgan fingerprint density at radius 2 is 1.69 bits per heavy atom. The van der Waals surface area contributed by atoms with Crippen LogP contribution in [0.25, 0.3) is 0 Å². The molecule has 8 heteroatoms. The summed E-state index contributed by atoms with van der Waals surface area (Å²) in [7, 11) is -1.98. The smallest absolute Gasteiger partial charge is 0.316 e. The first-order chi connectivity index (χ1) is 18.4. The number of carbonyl (C=O) groups excluding carboxylic acids is 1. The predicted molar refractivity (Wildman–Crippen MR) is 153 cm³/mol. The molecule has 2 aromatic carbocycles. The van der Waals surface area contributed by atoms with E-state index >= 15 is 0 Å². The van der Waals surface area contributed by atoms with Gasteiger partial charge in [0.25, 0.3) is 0 Å². The highest BCUT2D eigenvalue weighted by Crippen LogP contribution is 2.34. The number of ether oxygens (including phenoxy) is 2. The minimum absolute atomic E-state index is 0.117. The summed E-state index contributed by atoms with van der Waals surface area (Å²) in [5.41, 5.74) is 2.75. The Hall–Kier alpha value is -2.26. The molecule has 1 aliphatic rings. The van der Waals surface area contributed by atoms with Gasteiger partial charge < -0.3 is 14.6 Å². The van der Waals surface area contributed by atoms with E-state index in [1.165, 1.54) is 4.31 Å². The van der Waals surface area contributed by atoms with E-state index < -0.39 is 28.0 Å². The number of aryl methyl sites for hydroxylation is 3. The zero-order valence-electron chi connectivity index (χ0n) is 24.4. The molecule has 7 nitrogen and oxygen atoms in total. The number of sulfonamides is 1. The maximum atomic E-state index is 13.3. The number of rotatable bonds is 12. The van der Waals surface area contributed by atoms with Crippen LogP contribution in [-0.2, 0) is 19.6 Å². The predicted octanol–water partition coefficient (Wildman–Crippen LogP) is 5.58. The summed E-state index contributed by atoms with van der Waals surface area (Å²) in [6.45, 7) is 11.3. The van der Waals surface area contributed by atoms with Crippen LogP contribution in [0.15, 0.2) is 47.4 Å². The van der Waals surface area contributed by atoms with Crippen molar-refractivity contribution in [3.8, 4) is 5.75 Å². The zero-order valence-corrected chi connectivity index (χ0v) is 25.2. The third kappa shape index (κ3) is 7.48. The number of carbonyl (C=O) groups is 1. The second kappa shape index (κ2) is 13.4. The highest BCUT2D eigenvalue weighted by atomic mass is 32.2. The summed E-state index contributed by atoms with van der Waals surface area (Å²) in [5.74, 6) is -0.931. The minimum Gasteiger partial charge on any atom is -0.426 e. The first kappa shape index (κ1) is 31.3. The first-order valence-electron chi connectivity index (χ1n) is 14.0. The van der Waals surface area contributed by atoms with Crippen molar-refractivity contribution >= 4 is 16.0 Å². The standard InChI is InChI=1S/C31H45NO6S/c1-8-10-25(32(7)39(35,36)27-16-13-20(2)14-17-27)19-26-15-18-28(37-26)23(5)29(33)24(6)31(34)38-30-21(3)11-9-12-22(30)4/h9,11-14,16-17,23-26,28-29,33H,8,10,15,18-19H2,1-7H3/t23-,24+,25-,26+,28-,29+/m1/s1. The lowest BCUT2D eigenvalue weighted by Crippen LogP contribution is -2.40. The van der Waals surface area contributed by atoms with Crippen LogP contribution >= 0.6 is 0 Å². The number of esters is 1. The molecule has 0 saturated carbocycles. The molecule has 1 saturated heterocycles. The van der Waals surface area contributed by atoms with Crippen molar-refractivity contribution in [1.82, 2.24) is 4.31 Å². The number of hydrogen-bond donors (Lipinski definition) is 1. The quantitative estimate of drug-likeness (QED) is 0.270. The molecule has 1 fully saturated rings. The molecule has 0 unspecified atom stereocenters. The molecule has 0 amide bonds. The Morgan fingerprint density at radius 3 is 2.28 bits per heavy atom. The van der Waals surface area contributed by atoms with E-state index in [4.69, 9.17) is 9.47 Å². The molecule has 1 heterocycles. The lowest BCUT2D eigenvalue weighted by Gasteiger charge is -2.31. The summed E-state index contributed by atoms with van der Waals surface area (Å²) >= 11 is 0. The van der Waals surface area contributed by atoms with E-state index in [2.05, 4.69) is 6.92 Å². The van der Waals surface area contributed by atoms with Crippen LogP contribution in [0, 0.1) is 32.6 Å². The maximum absolute atomic E-state index is 13.3. The fourth-order valence-electron chi connectivity index (χ4n) is 5.42. The van der Waals surface area contributed by atoms with Crippen molar-refractivity contribution in [2.24, 2.45) is 11.8 Å². The van der Waals surface area contributed by atoms with E-state index in [0.717, 1.165) is 42.4 Å². The van der Waals surface area contributed by atoms with E-state index in [9.17, 15) is 18.3 Å². The third-order valence-electron chi connectivity index (χ3n) is 8.13. The van der Waals surface area contributed by atoms with Gasteiger partial charge in [0.2, 0.25) is 10.0 Å². The Morgan fingerprint density at radius 1 is 1.08 bits per heavy atom. The molecule has 0 radical (unpaired) electrons. The van der Waals surface area contributed by atoms with E-state index in [0.29, 0.717) is 17.1 Å². The van der Waals surface area contributed by atoms with Crippen molar-refractivity contribution in [2.45, 2.75) is 103 Å². The van der Waals surface area contributed by atoms with Crippen LogP contribution in [0.1, 0.15) is 69.6 Å². The van der Waals surface area contributed by atoms with Gasteiger partial charge in [0.1, 0.15) is 5.75 Å². The number of benzene rings is 2. The minimum atomic E-state index is -3.63. The monoisotopic (exact) mass is 559 g/mol. The third-order valence-corrected chi connectivity index (χ3v) is 10.1. The zero-order chi connectivity index (χ0) is 28.9. The Bertz CT molecular complexity index is 1190. The van der Waals surface area contributed by atoms with Crippen LogP contribution < -0.4 is 4.74 Å². The van der Waals surface area contributed by atoms with Gasteiger partial charge in [-0.05, 0) is 76.6 Å². The average molecular weight is 560 g/mol. The second-order valence-corrected chi connectivity index (χ2v) is 13.2. The van der Waals surface area contributed by atoms with E-state index in [1.54, 1.807) is 26.1 Å². The van der Waals surface area contributed by atoms with Gasteiger partial charge in [-0.15, -0.1) is 0 Å². The van der Waals surface area contributed by atoms with Gasteiger partial charge in [-0.2, -0.15) is 4.31 Å². The first-order valence-corrected chi connectivity index (χ1v) is 15.5. The molecule has 216 valence electrons. The van der Waals surface area contributed by atoms with Crippen molar-refractivity contribution < 1.29 is 27.8 Å². The highest BCUT2D eigenvalue weighted by Gasteiger charge is 2.39. The van der Waals surface area contributed by atoms with Crippen LogP contribution in [0.4, 0.5) is 0 Å². The summed E-state index contributed by atoms with van der Waals surface area (Å²) in [4.78, 5) is 13.2. The second-order valence-electron chi connectivity index (χ2n) is 11.2. The topological polar surface area (TPSA) is 93.1 Å². The fraction of sp³-hybridized carbons (Fsp3) is 0.581. The Labute approximate surface area is 234 Å². The van der Waals surface area contributed by atoms with Crippen LogP contribution in [0.3, 0.4) is 0 Å². The van der Waals surface area contributed by atoms with Gasteiger partial charge in [-0.25, -0.2) is 8.42 Å². The van der Waals surface area contributed by atoms with Gasteiger partial charge in [0, 0.05) is 19.0 Å². The number of nitrogens with zero attached hydrogens (tertiary/aromatic N) is 1. The fourth-order valence-corrected chi connectivity index (χ4v) is 6.82. The molecule has 1 N–H and O–H groups in total. The molecule has 3 rings (SSSR count). The normalized spacial score (nSPS) is 20.9. The lowest BCUT2D eigenvalue weighted by molar-refractivity contribution is -0.145. The summed E-state index contributed by atoms with van der Waals surface area (Å²) < 4.78 is 40.1. The Balaban J connectivity index is 1.62. The van der Waals surface area contributed by atoms with Crippen LogP contribution in [0.5, 0.6) is 5.75 Å². The molecule has 39 heavy (non-hydrogen) atoms. The van der Waals surface area contributed by atoms with Crippen molar-refractivity contribution in [3.63, 3.8) is 0 Å². The lowest BCUT2D eigenvalue weighted by atomic mass is 9.88. The van der Waals surface area contributed by atoms with Gasteiger partial charge in [0.05, 0.1) is 29.1 Å². The summed E-state index contributed by atoms with van der Waals surface area (Å²) in [5, 5.41) is 11.1. The molecule has 0 aliphatic carbocycles. The molecule has 0 spiro atoms. The van der Waals surface area contributed by atoms with E-state index in [-0.39, 0.29) is 24.2 Å². The number of aliphatic hydroxyl groups excluding tert-OH is 1. The molecule has 2 aromatic rings. The van der Waals surface area contributed by atoms with Crippen molar-refractivity contribution in [2.75, 3.05) is 7.05 Å². The molecular formula is C31H45NO6S. The van der Waals surface area contributed by atoms with Gasteiger partial charge in [-0.3, -0.25) is 4.79 Å². The van der Waals surface area contributed by atoms with Gasteiger partial charge >= 0.3 is 5.97 Å². The highest BCUT2D eigenvalue weighted by molar-refractivity contribution is 7.89. The number of hydrogen-bond acceptors (Lipinski definition) is 6. The van der Waals surface area contributed by atoms with E-state index in [1.807, 2.05) is 58.0 Å². The molecule has 1 aliphatic heterocycles. The maximum Gasteiger partial charge on any atom is 0.316 e. The molecule has 0 bridgehead atoms. The molecule has 0 aromatic heterocycles. The van der Waals surface area contributed by atoms with Gasteiger partial charge in [-0.1, -0.05) is 56.2 Å². The SMILES string of the molecule is CCC[C@H](C[C@@H]1CC[C@H]([C@@H](C)[C@H](O)[C@H](C)C(=O)Oc2c(C)cccc2C)O1)N(C)S(=O)(=O)c1ccc(C)cc1.